The van der Waals surface area contributed by atoms with E-state index in [2.05, 4.69) is 0 Å². The Balaban J connectivity index is 1.75. The lowest BCUT2D eigenvalue weighted by molar-refractivity contribution is -0.135. The molecule has 1 unspecified atom stereocenters. The van der Waals surface area contributed by atoms with E-state index in [1.54, 1.807) is 23.1 Å². The number of hydrogen-bond donors (Lipinski definition) is 0. The molecule has 0 aliphatic carbocycles. The molecule has 2 heterocycles. The summed E-state index contributed by atoms with van der Waals surface area (Å²) in [5.41, 5.74) is 0.486. The van der Waals surface area contributed by atoms with Crippen molar-refractivity contribution < 1.29 is 9.59 Å². The molecule has 24 heavy (non-hydrogen) atoms. The number of rotatable bonds is 2. The van der Waals surface area contributed by atoms with Crippen molar-refractivity contribution in [1.29, 1.82) is 0 Å². The van der Waals surface area contributed by atoms with Gasteiger partial charge in [0.25, 0.3) is 5.91 Å². The average molecular weight is 369 g/mol. The Morgan fingerprint density at radius 1 is 0.917 bits per heavy atom. The third kappa shape index (κ3) is 3.70. The summed E-state index contributed by atoms with van der Waals surface area (Å²) < 4.78 is 0. The molecule has 4 nitrogen and oxygen atoms in total. The van der Waals surface area contributed by atoms with Crippen LogP contribution in [-0.2, 0) is 4.79 Å². The smallest absolute Gasteiger partial charge is 0.254 e. The number of hydrogen-bond acceptors (Lipinski definition) is 2. The normalized spacial score (nSPS) is 21.7. The molecule has 0 N–H and O–H groups in total. The molecule has 1 aromatic carbocycles. The van der Waals surface area contributed by atoms with Crippen LogP contribution in [0.3, 0.4) is 0 Å². The number of likely N-dealkylation sites (tertiary alicyclic amines) is 2. The summed E-state index contributed by atoms with van der Waals surface area (Å²) >= 11 is 11.9. The predicted octanol–water partition coefficient (Wildman–Crippen LogP) is 4.00. The highest BCUT2D eigenvalue weighted by Gasteiger charge is 2.37. The molecule has 0 radical (unpaired) electrons. The summed E-state index contributed by atoms with van der Waals surface area (Å²) in [6.45, 7) is 2.23. The zero-order chi connectivity index (χ0) is 17.1. The van der Waals surface area contributed by atoms with E-state index in [9.17, 15) is 9.59 Å². The van der Waals surface area contributed by atoms with Crippen molar-refractivity contribution in [2.75, 3.05) is 19.6 Å². The summed E-state index contributed by atoms with van der Waals surface area (Å²) in [5.74, 6) is -0.0398. The first-order valence-electron chi connectivity index (χ1n) is 8.63. The van der Waals surface area contributed by atoms with E-state index in [1.165, 1.54) is 12.8 Å². The molecule has 130 valence electrons. The first-order valence-corrected chi connectivity index (χ1v) is 9.38. The van der Waals surface area contributed by atoms with Crippen LogP contribution >= 0.6 is 23.2 Å². The Morgan fingerprint density at radius 3 is 2.29 bits per heavy atom. The van der Waals surface area contributed by atoms with Crippen LogP contribution in [-0.4, -0.2) is 47.3 Å². The van der Waals surface area contributed by atoms with Crippen molar-refractivity contribution in [3.8, 4) is 0 Å². The van der Waals surface area contributed by atoms with Crippen LogP contribution in [0.15, 0.2) is 18.2 Å². The second-order valence-corrected chi connectivity index (χ2v) is 7.34. The number of benzene rings is 1. The van der Waals surface area contributed by atoms with Gasteiger partial charge in [0.05, 0.1) is 10.0 Å². The summed E-state index contributed by atoms with van der Waals surface area (Å²) in [5, 5.41) is 0.781. The molecule has 0 aromatic heterocycles. The molecule has 2 saturated heterocycles. The van der Waals surface area contributed by atoms with Gasteiger partial charge < -0.3 is 9.80 Å². The molecule has 2 aliphatic rings. The fourth-order valence-electron chi connectivity index (χ4n) is 3.56. The maximum atomic E-state index is 12.9. The molecule has 0 bridgehead atoms. The predicted molar refractivity (Wildman–Crippen MR) is 95.6 cm³/mol. The molecule has 6 heteroatoms. The first-order chi connectivity index (χ1) is 11.6. The highest BCUT2D eigenvalue weighted by atomic mass is 35.5. The van der Waals surface area contributed by atoms with Crippen molar-refractivity contribution in [3.05, 3.63) is 33.8 Å². The lowest BCUT2D eigenvalue weighted by atomic mass is 10.1. The number of nitrogens with zero attached hydrogens (tertiary/aromatic N) is 2. The minimum atomic E-state index is -0.343. The van der Waals surface area contributed by atoms with Crippen LogP contribution in [0.4, 0.5) is 0 Å². The van der Waals surface area contributed by atoms with Gasteiger partial charge in [0.15, 0.2) is 0 Å². The molecule has 3 rings (SSSR count). The summed E-state index contributed by atoms with van der Waals surface area (Å²) in [6, 6.07) is 4.53. The maximum absolute atomic E-state index is 12.9. The molecular formula is C18H22Cl2N2O2. The lowest BCUT2D eigenvalue weighted by Crippen LogP contribution is -2.48. The maximum Gasteiger partial charge on any atom is 0.254 e. The Kier molecular flexibility index (Phi) is 5.67. The number of carbonyl (C=O) groups excluding carboxylic acids is 2. The van der Waals surface area contributed by atoms with Gasteiger partial charge in [0.1, 0.15) is 6.04 Å². The van der Waals surface area contributed by atoms with E-state index in [1.807, 2.05) is 4.90 Å². The van der Waals surface area contributed by atoms with Crippen molar-refractivity contribution in [2.45, 2.75) is 44.6 Å². The van der Waals surface area contributed by atoms with Crippen LogP contribution in [0.1, 0.15) is 48.9 Å². The fourth-order valence-corrected chi connectivity index (χ4v) is 3.86. The minimum absolute atomic E-state index is 0.0998. The second kappa shape index (κ2) is 7.75. The van der Waals surface area contributed by atoms with Gasteiger partial charge in [-0.2, -0.15) is 0 Å². The quantitative estimate of drug-likeness (QED) is 0.791. The van der Waals surface area contributed by atoms with Crippen LogP contribution < -0.4 is 0 Å². The topological polar surface area (TPSA) is 40.6 Å². The van der Waals surface area contributed by atoms with E-state index >= 15 is 0 Å². The van der Waals surface area contributed by atoms with Crippen molar-refractivity contribution >= 4 is 35.0 Å². The van der Waals surface area contributed by atoms with E-state index in [0.29, 0.717) is 22.2 Å². The Hall–Kier alpha value is -1.26. The summed E-state index contributed by atoms with van der Waals surface area (Å²) in [7, 11) is 0. The molecule has 2 amide bonds. The van der Waals surface area contributed by atoms with Crippen LogP contribution in [0.25, 0.3) is 0 Å². The second-order valence-electron chi connectivity index (χ2n) is 6.52. The van der Waals surface area contributed by atoms with E-state index in [0.717, 1.165) is 38.8 Å². The molecule has 0 saturated carbocycles. The Morgan fingerprint density at radius 2 is 1.62 bits per heavy atom. The van der Waals surface area contributed by atoms with Crippen molar-refractivity contribution in [2.24, 2.45) is 0 Å². The third-order valence-corrected chi connectivity index (χ3v) is 5.62. The number of halogens is 2. The van der Waals surface area contributed by atoms with Crippen LogP contribution in [0, 0.1) is 0 Å². The molecule has 1 aromatic rings. The molecule has 2 fully saturated rings. The van der Waals surface area contributed by atoms with Gasteiger partial charge in [-0.1, -0.05) is 36.0 Å². The van der Waals surface area contributed by atoms with Crippen molar-refractivity contribution in [3.63, 3.8) is 0 Å². The largest absolute Gasteiger partial charge is 0.341 e. The zero-order valence-electron chi connectivity index (χ0n) is 13.6. The van der Waals surface area contributed by atoms with E-state index in [4.69, 9.17) is 23.2 Å². The zero-order valence-corrected chi connectivity index (χ0v) is 15.2. The van der Waals surface area contributed by atoms with Crippen LogP contribution in [0.2, 0.25) is 10.0 Å². The first kappa shape index (κ1) is 17.6. The minimum Gasteiger partial charge on any atom is -0.341 e. The van der Waals surface area contributed by atoms with Crippen molar-refractivity contribution in [1.82, 2.24) is 9.80 Å². The molecule has 1 atom stereocenters. The SMILES string of the molecule is O=C(C1CCCN1C(=O)c1ccc(Cl)c(Cl)c1)N1CCCCCC1. The molecule has 0 spiro atoms. The van der Waals surface area contributed by atoms with Crippen LogP contribution in [0.5, 0.6) is 0 Å². The highest BCUT2D eigenvalue weighted by Crippen LogP contribution is 2.27. The van der Waals surface area contributed by atoms with Gasteiger partial charge in [0, 0.05) is 25.2 Å². The molecule has 2 aliphatic heterocycles. The summed E-state index contributed by atoms with van der Waals surface area (Å²) in [4.78, 5) is 29.4. The van der Waals surface area contributed by atoms with Gasteiger partial charge in [0.2, 0.25) is 5.91 Å². The monoisotopic (exact) mass is 368 g/mol. The number of amides is 2. The van der Waals surface area contributed by atoms with Gasteiger partial charge in [-0.3, -0.25) is 9.59 Å². The Labute approximate surface area is 152 Å². The standard InChI is InChI=1S/C18H22Cl2N2O2/c19-14-8-7-13(12-15(14)20)17(23)22-11-5-6-16(22)18(24)21-9-3-1-2-4-10-21/h7-8,12,16H,1-6,9-11H2. The van der Waals surface area contributed by atoms with Gasteiger partial charge >= 0.3 is 0 Å². The van der Waals surface area contributed by atoms with Gasteiger partial charge in [-0.05, 0) is 43.9 Å². The van der Waals surface area contributed by atoms with E-state index in [-0.39, 0.29) is 17.9 Å². The van der Waals surface area contributed by atoms with E-state index < -0.39 is 0 Å². The average Bonchev–Trinajstić information content (AvgIpc) is 2.91. The van der Waals surface area contributed by atoms with Gasteiger partial charge in [-0.25, -0.2) is 0 Å². The fraction of sp³-hybridized carbons (Fsp3) is 0.556. The number of carbonyl (C=O) groups is 2. The third-order valence-electron chi connectivity index (χ3n) is 4.88. The summed E-state index contributed by atoms with van der Waals surface area (Å²) in [6.07, 6.45) is 6.07. The van der Waals surface area contributed by atoms with Gasteiger partial charge in [-0.15, -0.1) is 0 Å². The lowest BCUT2D eigenvalue weighted by Gasteiger charge is -2.29. The molecular weight excluding hydrogens is 347 g/mol. The highest BCUT2D eigenvalue weighted by molar-refractivity contribution is 6.42. The Bertz CT molecular complexity index is 627.